The number of carbonyl (C=O) groups excluding carboxylic acids is 1. The maximum absolute atomic E-state index is 14.7. The van der Waals surface area contributed by atoms with Crippen molar-refractivity contribution in [2.45, 2.75) is 91.4 Å². The van der Waals surface area contributed by atoms with Gasteiger partial charge in [0.15, 0.2) is 0 Å². The summed E-state index contributed by atoms with van der Waals surface area (Å²) in [5, 5.41) is 0. The Hall–Kier alpha value is -0.470. The summed E-state index contributed by atoms with van der Waals surface area (Å²) in [7, 11) is 0. The molecule has 0 aliphatic heterocycles. The minimum atomic E-state index is -1.26. The zero-order valence-corrected chi connectivity index (χ0v) is 16.4. The molecular formula is C21H36F2O. The van der Waals surface area contributed by atoms with Crippen molar-refractivity contribution in [3.63, 3.8) is 0 Å². The van der Waals surface area contributed by atoms with Crippen molar-refractivity contribution < 1.29 is 13.6 Å². The SMILES string of the molecule is CC(C)C1CCC(C)(F)CC1C(=O)C1CC(C)(F)CCC1C(C)C. The third kappa shape index (κ3) is 4.38. The normalized spacial score (nSPS) is 44.1. The first-order valence-corrected chi connectivity index (χ1v) is 9.85. The van der Waals surface area contributed by atoms with Crippen LogP contribution < -0.4 is 0 Å². The van der Waals surface area contributed by atoms with Crippen LogP contribution in [0.1, 0.15) is 80.1 Å². The molecule has 2 aliphatic carbocycles. The third-order valence-electron chi connectivity index (χ3n) is 6.77. The fourth-order valence-corrected chi connectivity index (χ4v) is 5.26. The number of rotatable bonds is 4. The zero-order chi connectivity index (χ0) is 18.3. The third-order valence-corrected chi connectivity index (χ3v) is 6.77. The molecule has 2 saturated carbocycles. The van der Waals surface area contributed by atoms with Gasteiger partial charge in [-0.1, -0.05) is 27.7 Å². The molecule has 6 atom stereocenters. The second kappa shape index (κ2) is 7.03. The van der Waals surface area contributed by atoms with Crippen LogP contribution in [0.5, 0.6) is 0 Å². The zero-order valence-electron chi connectivity index (χ0n) is 16.4. The van der Waals surface area contributed by atoms with Crippen LogP contribution >= 0.6 is 0 Å². The first kappa shape index (κ1) is 19.8. The predicted molar refractivity (Wildman–Crippen MR) is 95.4 cm³/mol. The molecule has 0 radical (unpaired) electrons. The Bertz CT molecular complexity index is 413. The van der Waals surface area contributed by atoms with Crippen molar-refractivity contribution in [1.29, 1.82) is 0 Å². The van der Waals surface area contributed by atoms with Gasteiger partial charge in [-0.05, 0) is 76.0 Å². The Balaban J connectivity index is 2.27. The van der Waals surface area contributed by atoms with Gasteiger partial charge in [0, 0.05) is 11.8 Å². The molecular weight excluding hydrogens is 306 g/mol. The number of alkyl halides is 2. The molecule has 24 heavy (non-hydrogen) atoms. The molecule has 1 nitrogen and oxygen atoms in total. The topological polar surface area (TPSA) is 17.1 Å². The molecule has 0 heterocycles. The molecule has 140 valence electrons. The molecule has 0 aromatic carbocycles. The number of halogens is 2. The van der Waals surface area contributed by atoms with Crippen LogP contribution in [0.15, 0.2) is 0 Å². The lowest BCUT2D eigenvalue weighted by molar-refractivity contribution is -0.139. The van der Waals surface area contributed by atoms with Crippen molar-refractivity contribution in [2.75, 3.05) is 0 Å². The van der Waals surface area contributed by atoms with E-state index in [1.165, 1.54) is 0 Å². The highest BCUT2D eigenvalue weighted by atomic mass is 19.1. The second-order valence-electron chi connectivity index (χ2n) is 9.74. The van der Waals surface area contributed by atoms with E-state index in [1.54, 1.807) is 13.8 Å². The summed E-state index contributed by atoms with van der Waals surface area (Å²) < 4.78 is 29.3. The first-order valence-electron chi connectivity index (χ1n) is 9.85. The summed E-state index contributed by atoms with van der Waals surface area (Å²) >= 11 is 0. The van der Waals surface area contributed by atoms with E-state index in [0.717, 1.165) is 12.8 Å². The number of hydrogen-bond donors (Lipinski definition) is 0. The average Bonchev–Trinajstić information content (AvgIpc) is 2.43. The van der Waals surface area contributed by atoms with Crippen molar-refractivity contribution in [3.8, 4) is 0 Å². The molecule has 0 aromatic rings. The summed E-state index contributed by atoms with van der Waals surface area (Å²) in [6.45, 7) is 11.8. The van der Waals surface area contributed by atoms with E-state index in [9.17, 15) is 13.6 Å². The van der Waals surface area contributed by atoms with Gasteiger partial charge in [-0.25, -0.2) is 8.78 Å². The summed E-state index contributed by atoms with van der Waals surface area (Å²) in [6, 6.07) is 0. The average molecular weight is 343 g/mol. The van der Waals surface area contributed by atoms with Gasteiger partial charge in [-0.3, -0.25) is 4.79 Å². The van der Waals surface area contributed by atoms with Crippen molar-refractivity contribution in [1.82, 2.24) is 0 Å². The number of ketones is 1. The molecule has 0 bridgehead atoms. The molecule has 0 saturated heterocycles. The molecule has 0 spiro atoms. The predicted octanol–water partition coefficient (Wildman–Crippen LogP) is 6.16. The van der Waals surface area contributed by atoms with E-state index in [0.29, 0.717) is 37.5 Å². The van der Waals surface area contributed by atoms with Crippen LogP contribution in [-0.2, 0) is 4.79 Å². The summed E-state index contributed by atoms with van der Waals surface area (Å²) in [5.74, 6) is 0.881. The molecule has 0 N–H and O–H groups in total. The Morgan fingerprint density at radius 1 is 0.833 bits per heavy atom. The van der Waals surface area contributed by atoms with Crippen LogP contribution in [0, 0.1) is 35.5 Å². The summed E-state index contributed by atoms with van der Waals surface area (Å²) in [4.78, 5) is 13.4. The van der Waals surface area contributed by atoms with Gasteiger partial charge in [0.05, 0.1) is 0 Å². The molecule has 2 aliphatic rings. The molecule has 3 heteroatoms. The van der Waals surface area contributed by atoms with Gasteiger partial charge in [0.1, 0.15) is 17.1 Å². The number of Topliss-reactive ketones (excluding diaryl/α,β-unsaturated/α-hetero) is 1. The lowest BCUT2D eigenvalue weighted by atomic mass is 9.60. The highest BCUT2D eigenvalue weighted by Crippen LogP contribution is 2.48. The molecule has 2 fully saturated rings. The first-order chi connectivity index (χ1) is 10.9. The monoisotopic (exact) mass is 342 g/mol. The lowest BCUT2D eigenvalue weighted by Gasteiger charge is -2.45. The van der Waals surface area contributed by atoms with Crippen LogP contribution in [0.2, 0.25) is 0 Å². The smallest absolute Gasteiger partial charge is 0.139 e. The maximum atomic E-state index is 14.7. The Kier molecular flexibility index (Phi) is 5.82. The number of carbonyl (C=O) groups is 1. The van der Waals surface area contributed by atoms with Gasteiger partial charge in [0.2, 0.25) is 0 Å². The minimum Gasteiger partial charge on any atom is -0.299 e. The Labute approximate surface area is 147 Å². The Morgan fingerprint density at radius 2 is 1.17 bits per heavy atom. The van der Waals surface area contributed by atoms with Crippen LogP contribution in [0.25, 0.3) is 0 Å². The largest absolute Gasteiger partial charge is 0.299 e. The van der Waals surface area contributed by atoms with E-state index in [-0.39, 0.29) is 29.5 Å². The van der Waals surface area contributed by atoms with E-state index in [2.05, 4.69) is 27.7 Å². The summed E-state index contributed by atoms with van der Waals surface area (Å²) in [6.07, 6.45) is 3.26. The van der Waals surface area contributed by atoms with Crippen LogP contribution in [0.3, 0.4) is 0 Å². The van der Waals surface area contributed by atoms with Crippen LogP contribution in [0.4, 0.5) is 8.78 Å². The van der Waals surface area contributed by atoms with Gasteiger partial charge >= 0.3 is 0 Å². The lowest BCUT2D eigenvalue weighted by Crippen LogP contribution is -2.47. The summed E-state index contributed by atoms with van der Waals surface area (Å²) in [5.41, 5.74) is -2.51. The van der Waals surface area contributed by atoms with Crippen molar-refractivity contribution >= 4 is 5.78 Å². The van der Waals surface area contributed by atoms with Crippen LogP contribution in [-0.4, -0.2) is 17.1 Å². The molecule has 2 rings (SSSR count). The number of hydrogen-bond acceptors (Lipinski definition) is 1. The van der Waals surface area contributed by atoms with Crippen molar-refractivity contribution in [2.24, 2.45) is 35.5 Å². The van der Waals surface area contributed by atoms with Gasteiger partial charge in [0.25, 0.3) is 0 Å². The maximum Gasteiger partial charge on any atom is 0.139 e. The second-order valence-corrected chi connectivity index (χ2v) is 9.74. The quantitative estimate of drug-likeness (QED) is 0.598. The minimum absolute atomic E-state index is 0.152. The standard InChI is InChI=1S/C21H36F2O/c1-13(2)15-7-9-20(5,22)11-17(15)19(24)18-12-21(6,23)10-8-16(18)14(3)4/h13-18H,7-12H2,1-6H3. The Morgan fingerprint density at radius 3 is 1.46 bits per heavy atom. The molecule has 6 unspecified atom stereocenters. The van der Waals surface area contributed by atoms with E-state index in [1.807, 2.05) is 0 Å². The fraction of sp³-hybridized carbons (Fsp3) is 0.952. The van der Waals surface area contributed by atoms with Gasteiger partial charge < -0.3 is 0 Å². The highest BCUT2D eigenvalue weighted by Gasteiger charge is 2.48. The van der Waals surface area contributed by atoms with Gasteiger partial charge in [-0.15, -0.1) is 0 Å². The molecule has 0 aromatic heterocycles. The van der Waals surface area contributed by atoms with E-state index < -0.39 is 11.3 Å². The van der Waals surface area contributed by atoms with E-state index in [4.69, 9.17) is 0 Å². The fourth-order valence-electron chi connectivity index (χ4n) is 5.26. The van der Waals surface area contributed by atoms with Crippen molar-refractivity contribution in [3.05, 3.63) is 0 Å². The van der Waals surface area contributed by atoms with E-state index >= 15 is 0 Å². The molecule has 0 amide bonds. The highest BCUT2D eigenvalue weighted by molar-refractivity contribution is 5.84. The van der Waals surface area contributed by atoms with Gasteiger partial charge in [-0.2, -0.15) is 0 Å².